The van der Waals surface area contributed by atoms with Gasteiger partial charge in [-0.2, -0.15) is 5.10 Å². The number of non-ortho nitro benzene ring substituents is 1. The third-order valence-corrected chi connectivity index (χ3v) is 5.51. The number of esters is 1. The molecule has 0 saturated carbocycles. The number of hydrogen-bond donors (Lipinski definition) is 1. The molecule has 0 aliphatic carbocycles. The number of nitrogens with one attached hydrogen (secondary N) is 1. The van der Waals surface area contributed by atoms with Gasteiger partial charge in [-0.05, 0) is 70.0 Å². The van der Waals surface area contributed by atoms with Gasteiger partial charge in [-0.3, -0.25) is 14.9 Å². The highest BCUT2D eigenvalue weighted by Gasteiger charge is 2.13. The van der Waals surface area contributed by atoms with Crippen molar-refractivity contribution < 1.29 is 28.7 Å². The van der Waals surface area contributed by atoms with E-state index in [1.165, 1.54) is 31.5 Å². The zero-order valence-corrected chi connectivity index (χ0v) is 21.2. The lowest BCUT2D eigenvalue weighted by Crippen LogP contribution is -2.24. The molecule has 1 amide bonds. The Bertz CT molecular complexity index is 1280. The van der Waals surface area contributed by atoms with Crippen LogP contribution in [-0.2, 0) is 4.79 Å². The van der Waals surface area contributed by atoms with Crippen molar-refractivity contribution in [3.05, 3.63) is 90.9 Å². The Balaban J connectivity index is 1.56. The van der Waals surface area contributed by atoms with Gasteiger partial charge in [-0.25, -0.2) is 10.2 Å². The minimum atomic E-state index is -0.543. The third-order valence-electron chi connectivity index (χ3n) is 4.36. The highest BCUT2D eigenvalue weighted by Crippen LogP contribution is 2.29. The van der Waals surface area contributed by atoms with Crippen LogP contribution in [0.1, 0.15) is 15.9 Å². The lowest BCUT2D eigenvalue weighted by atomic mass is 10.2. The molecule has 0 saturated heterocycles. The van der Waals surface area contributed by atoms with E-state index in [9.17, 15) is 19.7 Å². The summed E-state index contributed by atoms with van der Waals surface area (Å²) in [5.74, 6) is -0.281. The van der Waals surface area contributed by atoms with Crippen LogP contribution < -0.4 is 19.6 Å². The van der Waals surface area contributed by atoms with Crippen LogP contribution in [0.15, 0.2) is 74.7 Å². The second kappa shape index (κ2) is 12.1. The first-order valence-corrected chi connectivity index (χ1v) is 11.4. The molecule has 180 valence electrons. The molecule has 12 heteroatoms. The van der Waals surface area contributed by atoms with Crippen molar-refractivity contribution >= 4 is 55.6 Å². The smallest absolute Gasteiger partial charge is 0.343 e. The summed E-state index contributed by atoms with van der Waals surface area (Å²) in [6.45, 7) is -0.359. The highest BCUT2D eigenvalue weighted by molar-refractivity contribution is 9.10. The number of nitro benzene ring substituents is 1. The molecule has 0 heterocycles. The van der Waals surface area contributed by atoms with E-state index >= 15 is 0 Å². The predicted octanol–water partition coefficient (Wildman–Crippen LogP) is 4.88. The van der Waals surface area contributed by atoms with Crippen molar-refractivity contribution in [2.45, 2.75) is 0 Å². The van der Waals surface area contributed by atoms with Crippen LogP contribution >= 0.6 is 31.9 Å². The summed E-state index contributed by atoms with van der Waals surface area (Å²) in [5, 5.41) is 14.6. The summed E-state index contributed by atoms with van der Waals surface area (Å²) < 4.78 is 17.2. The van der Waals surface area contributed by atoms with Crippen molar-refractivity contribution in [2.75, 3.05) is 13.7 Å². The van der Waals surface area contributed by atoms with E-state index in [0.717, 1.165) is 4.47 Å². The standard InChI is InChI=1S/C23H17Br2N3O7/c1-33-21-10-14(2-8-20(21)35-23(30)15-3-5-16(24)6-4-15)12-26-27-22(29)13-34-19-9-7-17(28(31)32)11-18(19)25/h2-12H,13H2,1H3,(H,27,29)/b26-12+. The van der Waals surface area contributed by atoms with E-state index in [-0.39, 0.29) is 23.8 Å². The van der Waals surface area contributed by atoms with Crippen LogP contribution in [0, 0.1) is 10.1 Å². The van der Waals surface area contributed by atoms with Crippen molar-refractivity contribution in [2.24, 2.45) is 5.10 Å². The van der Waals surface area contributed by atoms with Gasteiger partial charge in [0.2, 0.25) is 0 Å². The van der Waals surface area contributed by atoms with Crippen molar-refractivity contribution in [1.82, 2.24) is 5.43 Å². The molecule has 3 aromatic carbocycles. The van der Waals surface area contributed by atoms with E-state index in [0.29, 0.717) is 21.3 Å². The zero-order chi connectivity index (χ0) is 25.4. The molecular formula is C23H17Br2N3O7. The Hall–Kier alpha value is -3.77. The lowest BCUT2D eigenvalue weighted by Gasteiger charge is -2.10. The van der Waals surface area contributed by atoms with Crippen molar-refractivity contribution in [3.63, 3.8) is 0 Å². The summed E-state index contributed by atoms with van der Waals surface area (Å²) in [6, 6.07) is 15.4. The average molecular weight is 607 g/mol. The number of rotatable bonds is 9. The van der Waals surface area contributed by atoms with E-state index in [1.807, 2.05) is 0 Å². The molecule has 0 aliphatic heterocycles. The van der Waals surface area contributed by atoms with Gasteiger partial charge in [0.15, 0.2) is 18.1 Å². The number of hydrazone groups is 1. The van der Waals surface area contributed by atoms with Gasteiger partial charge < -0.3 is 14.2 Å². The quantitative estimate of drug-likeness (QED) is 0.121. The van der Waals surface area contributed by atoms with Gasteiger partial charge in [0.05, 0.1) is 28.3 Å². The van der Waals surface area contributed by atoms with Crippen LogP contribution in [0.5, 0.6) is 17.2 Å². The molecule has 3 aromatic rings. The molecule has 3 rings (SSSR count). The van der Waals surface area contributed by atoms with Crippen LogP contribution in [0.3, 0.4) is 0 Å². The average Bonchev–Trinajstić information content (AvgIpc) is 2.84. The first-order valence-electron chi connectivity index (χ1n) is 9.81. The Labute approximate surface area is 216 Å². The normalized spacial score (nSPS) is 10.6. The highest BCUT2D eigenvalue weighted by atomic mass is 79.9. The predicted molar refractivity (Wildman–Crippen MR) is 134 cm³/mol. The van der Waals surface area contributed by atoms with Crippen LogP contribution in [0.2, 0.25) is 0 Å². The van der Waals surface area contributed by atoms with Crippen LogP contribution in [0.4, 0.5) is 5.69 Å². The van der Waals surface area contributed by atoms with Gasteiger partial charge >= 0.3 is 5.97 Å². The number of methoxy groups -OCH3 is 1. The monoisotopic (exact) mass is 605 g/mol. The third kappa shape index (κ3) is 7.36. The molecular weight excluding hydrogens is 590 g/mol. The Kier molecular flexibility index (Phi) is 8.92. The van der Waals surface area contributed by atoms with E-state index in [2.05, 4.69) is 42.4 Å². The number of nitrogens with zero attached hydrogens (tertiary/aromatic N) is 2. The SMILES string of the molecule is COc1cc(/C=N/NC(=O)COc2ccc([N+](=O)[O-])cc2Br)ccc1OC(=O)c1ccc(Br)cc1. The minimum absolute atomic E-state index is 0.109. The Morgan fingerprint density at radius 1 is 1.03 bits per heavy atom. The molecule has 35 heavy (non-hydrogen) atoms. The summed E-state index contributed by atoms with van der Waals surface area (Å²) in [6.07, 6.45) is 1.38. The largest absolute Gasteiger partial charge is 0.493 e. The molecule has 0 atom stereocenters. The Morgan fingerprint density at radius 2 is 1.74 bits per heavy atom. The van der Waals surface area contributed by atoms with Gasteiger partial charge in [-0.15, -0.1) is 0 Å². The summed E-state index contributed by atoms with van der Waals surface area (Å²) in [5.41, 5.74) is 3.16. The number of ether oxygens (including phenoxy) is 3. The molecule has 1 N–H and O–H groups in total. The maximum atomic E-state index is 12.3. The number of benzene rings is 3. The molecule has 0 bridgehead atoms. The van der Waals surface area contributed by atoms with Crippen molar-refractivity contribution in [1.29, 1.82) is 0 Å². The number of hydrogen-bond acceptors (Lipinski definition) is 8. The molecule has 0 radical (unpaired) electrons. The van der Waals surface area contributed by atoms with Crippen molar-refractivity contribution in [3.8, 4) is 17.2 Å². The number of amides is 1. The number of nitro groups is 1. The molecule has 10 nitrogen and oxygen atoms in total. The first-order chi connectivity index (χ1) is 16.8. The van der Waals surface area contributed by atoms with Gasteiger partial charge in [0, 0.05) is 16.6 Å². The van der Waals surface area contributed by atoms with Gasteiger partial charge in [-0.1, -0.05) is 15.9 Å². The molecule has 0 fully saturated rings. The maximum Gasteiger partial charge on any atom is 0.343 e. The van der Waals surface area contributed by atoms with E-state index in [4.69, 9.17) is 14.2 Å². The first kappa shape index (κ1) is 25.8. The van der Waals surface area contributed by atoms with E-state index in [1.54, 1.807) is 42.5 Å². The van der Waals surface area contributed by atoms with Gasteiger partial charge in [0.25, 0.3) is 11.6 Å². The number of halogens is 2. The summed E-state index contributed by atoms with van der Waals surface area (Å²) in [4.78, 5) is 34.6. The second-order valence-corrected chi connectivity index (χ2v) is 8.53. The lowest BCUT2D eigenvalue weighted by molar-refractivity contribution is -0.384. The topological polar surface area (TPSA) is 129 Å². The molecule has 0 unspecified atom stereocenters. The molecule has 0 spiro atoms. The van der Waals surface area contributed by atoms with Crippen LogP contribution in [-0.4, -0.2) is 36.7 Å². The summed E-state index contributed by atoms with van der Waals surface area (Å²) >= 11 is 6.47. The molecule has 0 aliphatic rings. The zero-order valence-electron chi connectivity index (χ0n) is 18.1. The minimum Gasteiger partial charge on any atom is -0.493 e. The fourth-order valence-corrected chi connectivity index (χ4v) is 3.41. The number of carbonyl (C=O) groups is 2. The number of carbonyl (C=O) groups excluding carboxylic acids is 2. The fraction of sp³-hybridized carbons (Fsp3) is 0.0870. The van der Waals surface area contributed by atoms with Gasteiger partial charge in [0.1, 0.15) is 5.75 Å². The second-order valence-electron chi connectivity index (χ2n) is 6.76. The summed E-state index contributed by atoms with van der Waals surface area (Å²) in [7, 11) is 1.43. The molecule has 0 aromatic heterocycles. The fourth-order valence-electron chi connectivity index (χ4n) is 2.67. The van der Waals surface area contributed by atoms with Crippen LogP contribution in [0.25, 0.3) is 0 Å². The van der Waals surface area contributed by atoms with E-state index < -0.39 is 16.8 Å². The maximum absolute atomic E-state index is 12.3. The Morgan fingerprint density at radius 3 is 2.40 bits per heavy atom.